The minimum absolute atomic E-state index is 0.0230. The largest absolute Gasteiger partial charge is 0.416 e. The molecule has 0 aliphatic heterocycles. The summed E-state index contributed by atoms with van der Waals surface area (Å²) in [6.07, 6.45) is -4.46. The molecular formula is C18H20F3N7O2S2. The van der Waals surface area contributed by atoms with E-state index < -0.39 is 11.7 Å². The monoisotopic (exact) mass is 487 g/mol. The average molecular weight is 488 g/mol. The molecule has 2 N–H and O–H groups in total. The van der Waals surface area contributed by atoms with E-state index in [-0.39, 0.29) is 34.7 Å². The van der Waals surface area contributed by atoms with Gasteiger partial charge >= 0.3 is 6.18 Å². The predicted molar refractivity (Wildman–Crippen MR) is 113 cm³/mol. The molecule has 3 rings (SSSR count). The number of nitrogen functional groups attached to an aromatic ring is 1. The number of benzene rings is 1. The minimum Gasteiger partial charge on any atom is -0.343 e. The molecule has 0 aliphatic rings. The van der Waals surface area contributed by atoms with E-state index in [1.807, 2.05) is 13.8 Å². The van der Waals surface area contributed by atoms with Gasteiger partial charge in [-0.25, -0.2) is 4.68 Å². The molecule has 0 bridgehead atoms. The third-order valence-electron chi connectivity index (χ3n) is 4.32. The number of amides is 1. The molecule has 0 spiro atoms. The van der Waals surface area contributed by atoms with E-state index in [2.05, 4.69) is 20.3 Å². The number of hydrogen-bond donors (Lipinski definition) is 1. The van der Waals surface area contributed by atoms with E-state index in [0.717, 1.165) is 12.1 Å². The Bertz CT molecular complexity index is 1070. The van der Waals surface area contributed by atoms with Gasteiger partial charge in [0.05, 0.1) is 17.1 Å². The molecule has 2 aromatic heterocycles. The van der Waals surface area contributed by atoms with Crippen LogP contribution in [0, 0.1) is 0 Å². The van der Waals surface area contributed by atoms with Crippen molar-refractivity contribution in [1.82, 2.24) is 29.9 Å². The number of nitrogens with two attached hydrogens (primary N) is 1. The van der Waals surface area contributed by atoms with Crippen molar-refractivity contribution in [2.75, 3.05) is 24.7 Å². The predicted octanol–water partition coefficient (Wildman–Crippen LogP) is 3.31. The van der Waals surface area contributed by atoms with Crippen LogP contribution in [0.5, 0.6) is 0 Å². The molecule has 14 heteroatoms. The van der Waals surface area contributed by atoms with Crippen molar-refractivity contribution in [2.45, 2.75) is 36.1 Å². The summed E-state index contributed by atoms with van der Waals surface area (Å²) >= 11 is 2.34. The zero-order chi connectivity index (χ0) is 23.3. The van der Waals surface area contributed by atoms with Crippen molar-refractivity contribution in [2.24, 2.45) is 0 Å². The van der Waals surface area contributed by atoms with E-state index in [0.29, 0.717) is 23.4 Å². The summed E-state index contributed by atoms with van der Waals surface area (Å²) in [5.74, 6) is 6.59. The number of carbonyl (C=O) groups excluding carboxylic acids is 1. The van der Waals surface area contributed by atoms with Crippen LogP contribution >= 0.6 is 23.5 Å². The van der Waals surface area contributed by atoms with Crippen molar-refractivity contribution in [1.29, 1.82) is 0 Å². The molecule has 9 nitrogen and oxygen atoms in total. The molecule has 3 aromatic rings. The Morgan fingerprint density at radius 1 is 1.19 bits per heavy atom. The van der Waals surface area contributed by atoms with E-state index in [1.165, 1.54) is 40.3 Å². The number of nitrogens with zero attached hydrogens (tertiary/aromatic N) is 6. The molecule has 0 aliphatic carbocycles. The van der Waals surface area contributed by atoms with Gasteiger partial charge in [-0.3, -0.25) is 4.79 Å². The van der Waals surface area contributed by atoms with Crippen molar-refractivity contribution >= 4 is 29.4 Å². The summed E-state index contributed by atoms with van der Waals surface area (Å²) in [4.78, 5) is 18.0. The molecule has 0 fully saturated rings. The molecule has 32 heavy (non-hydrogen) atoms. The lowest BCUT2D eigenvalue weighted by atomic mass is 10.1. The van der Waals surface area contributed by atoms with Gasteiger partial charge in [-0.2, -0.15) is 18.2 Å². The van der Waals surface area contributed by atoms with Crippen molar-refractivity contribution < 1.29 is 22.5 Å². The zero-order valence-electron chi connectivity index (χ0n) is 17.2. The Hall–Kier alpha value is -2.74. The van der Waals surface area contributed by atoms with Gasteiger partial charge in [0.1, 0.15) is 0 Å². The molecule has 1 aromatic carbocycles. The Morgan fingerprint density at radius 3 is 2.53 bits per heavy atom. The van der Waals surface area contributed by atoms with Crippen LogP contribution in [0.1, 0.15) is 25.3 Å². The molecule has 0 saturated heterocycles. The Kier molecular flexibility index (Phi) is 7.66. The lowest BCUT2D eigenvalue weighted by molar-refractivity contribution is -0.137. The van der Waals surface area contributed by atoms with E-state index >= 15 is 0 Å². The molecule has 0 radical (unpaired) electrons. The van der Waals surface area contributed by atoms with E-state index in [1.54, 1.807) is 4.90 Å². The standard InChI is InChI=1S/C18H20F3N7O2S2/c1-3-27(4-2)14(29)10-32-17-25-24-16(28(17)22)31-9-13-23-15(26-30-13)11-6-5-7-12(8-11)18(19,20)21/h5-8H,3-4,9-10,22H2,1-2H3. The van der Waals surface area contributed by atoms with E-state index in [9.17, 15) is 18.0 Å². The van der Waals surface area contributed by atoms with Crippen LogP contribution in [0.25, 0.3) is 11.4 Å². The fraction of sp³-hybridized carbons (Fsp3) is 0.389. The first-order valence-corrected chi connectivity index (χ1v) is 11.4. The summed E-state index contributed by atoms with van der Waals surface area (Å²) in [6.45, 7) is 5.06. The number of halogens is 3. The Morgan fingerprint density at radius 2 is 1.88 bits per heavy atom. The first-order valence-electron chi connectivity index (χ1n) is 9.47. The highest BCUT2D eigenvalue weighted by Gasteiger charge is 2.30. The second-order valence-electron chi connectivity index (χ2n) is 6.37. The van der Waals surface area contributed by atoms with Crippen LogP contribution in [-0.2, 0) is 16.7 Å². The van der Waals surface area contributed by atoms with Gasteiger partial charge in [-0.1, -0.05) is 40.8 Å². The van der Waals surface area contributed by atoms with Crippen molar-refractivity contribution in [3.05, 3.63) is 35.7 Å². The SMILES string of the molecule is CCN(CC)C(=O)CSc1nnc(SCc2nc(-c3cccc(C(F)(F)F)c3)no2)n1N. The summed E-state index contributed by atoms with van der Waals surface area (Å²) in [5, 5.41) is 12.5. The fourth-order valence-electron chi connectivity index (χ4n) is 2.65. The molecule has 0 unspecified atom stereocenters. The van der Waals surface area contributed by atoms with E-state index in [4.69, 9.17) is 10.4 Å². The average Bonchev–Trinajstić information content (AvgIpc) is 3.38. The molecule has 2 heterocycles. The smallest absolute Gasteiger partial charge is 0.343 e. The van der Waals surface area contributed by atoms with Gasteiger partial charge in [-0.15, -0.1) is 10.2 Å². The highest BCUT2D eigenvalue weighted by molar-refractivity contribution is 8.00. The first kappa shape index (κ1) is 23.9. The maximum Gasteiger partial charge on any atom is 0.416 e. The molecule has 0 atom stereocenters. The first-order chi connectivity index (χ1) is 15.2. The number of carbonyl (C=O) groups is 1. The van der Waals surface area contributed by atoms with Gasteiger partial charge in [0.25, 0.3) is 0 Å². The second kappa shape index (κ2) is 10.3. The molecule has 172 valence electrons. The van der Waals surface area contributed by atoms with Gasteiger partial charge < -0.3 is 15.3 Å². The van der Waals surface area contributed by atoms with Gasteiger partial charge in [0.2, 0.25) is 27.9 Å². The highest BCUT2D eigenvalue weighted by Crippen LogP contribution is 2.32. The van der Waals surface area contributed by atoms with Gasteiger partial charge in [0.15, 0.2) is 0 Å². The van der Waals surface area contributed by atoms with Crippen LogP contribution in [-0.4, -0.2) is 54.7 Å². The number of aromatic nitrogens is 5. The fourth-order valence-corrected chi connectivity index (χ4v) is 4.16. The number of rotatable bonds is 9. The maximum absolute atomic E-state index is 12.9. The Balaban J connectivity index is 1.61. The van der Waals surface area contributed by atoms with Crippen molar-refractivity contribution in [3.63, 3.8) is 0 Å². The second-order valence-corrected chi connectivity index (χ2v) is 8.25. The Labute approximate surface area is 189 Å². The third kappa shape index (κ3) is 5.73. The lowest BCUT2D eigenvalue weighted by Crippen LogP contribution is -2.32. The van der Waals surface area contributed by atoms with Gasteiger partial charge in [-0.05, 0) is 26.0 Å². The van der Waals surface area contributed by atoms with Crippen LogP contribution in [0.3, 0.4) is 0 Å². The highest BCUT2D eigenvalue weighted by atomic mass is 32.2. The van der Waals surface area contributed by atoms with Crippen LogP contribution in [0.2, 0.25) is 0 Å². The zero-order valence-corrected chi connectivity index (χ0v) is 18.8. The van der Waals surface area contributed by atoms with Crippen LogP contribution in [0.15, 0.2) is 39.1 Å². The third-order valence-corrected chi connectivity index (χ3v) is 6.17. The van der Waals surface area contributed by atoms with Crippen LogP contribution in [0.4, 0.5) is 13.2 Å². The number of hydrogen-bond acceptors (Lipinski definition) is 9. The van der Waals surface area contributed by atoms with Gasteiger partial charge in [0, 0.05) is 18.7 Å². The van der Waals surface area contributed by atoms with Crippen LogP contribution < -0.4 is 5.84 Å². The number of thioether (sulfide) groups is 2. The lowest BCUT2D eigenvalue weighted by Gasteiger charge is -2.17. The maximum atomic E-state index is 12.9. The normalized spacial score (nSPS) is 11.7. The topological polar surface area (TPSA) is 116 Å². The number of alkyl halides is 3. The molecule has 0 saturated carbocycles. The summed E-state index contributed by atoms with van der Waals surface area (Å²) in [5.41, 5.74) is -0.602. The molecule has 1 amide bonds. The quantitative estimate of drug-likeness (QED) is 0.358. The summed E-state index contributed by atoms with van der Waals surface area (Å²) in [7, 11) is 0. The summed E-state index contributed by atoms with van der Waals surface area (Å²) < 4.78 is 45.1. The molecular weight excluding hydrogens is 467 g/mol. The summed E-state index contributed by atoms with van der Waals surface area (Å²) in [6, 6.07) is 4.68. The van der Waals surface area contributed by atoms with Crippen molar-refractivity contribution in [3.8, 4) is 11.4 Å². The minimum atomic E-state index is -4.46.